The minimum atomic E-state index is 0.349. The van der Waals surface area contributed by atoms with Crippen molar-refractivity contribution in [2.45, 2.75) is 58.0 Å². The molecule has 2 atom stereocenters. The van der Waals surface area contributed by atoms with Gasteiger partial charge in [-0.25, -0.2) is 0 Å². The van der Waals surface area contributed by atoms with Crippen molar-refractivity contribution in [2.75, 3.05) is 20.1 Å². The predicted molar refractivity (Wildman–Crippen MR) is 89.6 cm³/mol. The zero-order valence-corrected chi connectivity index (χ0v) is 13.9. The Bertz CT molecular complexity index is 480. The lowest BCUT2D eigenvalue weighted by Gasteiger charge is -2.42. The highest BCUT2D eigenvalue weighted by Gasteiger charge is 2.35. The van der Waals surface area contributed by atoms with Gasteiger partial charge in [0.2, 0.25) is 0 Å². The Kier molecular flexibility index (Phi) is 4.37. The molecule has 1 aromatic rings. The predicted octanol–water partition coefficient (Wildman–Crippen LogP) is 3.77. The number of fused-ring (bicyclic) bond motifs is 1. The SMILES string of the molecule is CN1CCCCC1CNC1c2ccccc2CCC1(C)C. The summed E-state index contributed by atoms with van der Waals surface area (Å²) >= 11 is 0. The summed E-state index contributed by atoms with van der Waals surface area (Å²) in [7, 11) is 2.28. The van der Waals surface area contributed by atoms with Gasteiger partial charge in [0, 0.05) is 18.6 Å². The first-order chi connectivity index (χ1) is 10.1. The van der Waals surface area contributed by atoms with Crippen molar-refractivity contribution in [3.8, 4) is 0 Å². The van der Waals surface area contributed by atoms with Crippen LogP contribution in [0.25, 0.3) is 0 Å². The molecule has 21 heavy (non-hydrogen) atoms. The molecule has 0 bridgehead atoms. The van der Waals surface area contributed by atoms with Crippen LogP contribution < -0.4 is 5.32 Å². The topological polar surface area (TPSA) is 15.3 Å². The van der Waals surface area contributed by atoms with Crippen LogP contribution in [0.5, 0.6) is 0 Å². The van der Waals surface area contributed by atoms with Crippen LogP contribution in [0, 0.1) is 5.41 Å². The zero-order chi connectivity index (χ0) is 14.9. The Hall–Kier alpha value is -0.860. The van der Waals surface area contributed by atoms with E-state index in [2.05, 4.69) is 55.4 Å². The summed E-state index contributed by atoms with van der Waals surface area (Å²) < 4.78 is 0. The first-order valence-corrected chi connectivity index (χ1v) is 8.59. The van der Waals surface area contributed by atoms with E-state index in [-0.39, 0.29) is 0 Å². The smallest absolute Gasteiger partial charge is 0.0375 e. The monoisotopic (exact) mass is 286 g/mol. The van der Waals surface area contributed by atoms with E-state index >= 15 is 0 Å². The van der Waals surface area contributed by atoms with Crippen LogP contribution in [0.4, 0.5) is 0 Å². The second-order valence-corrected chi connectivity index (χ2v) is 7.66. The van der Waals surface area contributed by atoms with E-state index in [1.165, 1.54) is 44.2 Å². The average molecular weight is 286 g/mol. The first-order valence-electron chi connectivity index (χ1n) is 8.59. The van der Waals surface area contributed by atoms with Crippen molar-refractivity contribution in [1.82, 2.24) is 10.2 Å². The quantitative estimate of drug-likeness (QED) is 0.910. The van der Waals surface area contributed by atoms with Gasteiger partial charge in [0.15, 0.2) is 0 Å². The standard InChI is InChI=1S/C19H30N2/c1-19(2)12-11-15-8-4-5-10-17(15)18(19)20-14-16-9-6-7-13-21(16)3/h4-5,8,10,16,18,20H,6-7,9,11-14H2,1-3H3. The number of aryl methyl sites for hydroxylation is 1. The van der Waals surface area contributed by atoms with Gasteiger partial charge in [-0.2, -0.15) is 0 Å². The Morgan fingerprint density at radius 1 is 1.24 bits per heavy atom. The molecule has 1 aromatic carbocycles. The molecule has 0 amide bonds. The lowest BCUT2D eigenvalue weighted by molar-refractivity contribution is 0.152. The van der Waals surface area contributed by atoms with Crippen molar-refractivity contribution in [3.63, 3.8) is 0 Å². The second-order valence-electron chi connectivity index (χ2n) is 7.66. The fraction of sp³-hybridized carbons (Fsp3) is 0.684. The van der Waals surface area contributed by atoms with Gasteiger partial charge in [-0.15, -0.1) is 0 Å². The number of likely N-dealkylation sites (N-methyl/N-ethyl adjacent to an activating group) is 1. The van der Waals surface area contributed by atoms with Crippen LogP contribution in [-0.2, 0) is 6.42 Å². The average Bonchev–Trinajstić information content (AvgIpc) is 2.47. The van der Waals surface area contributed by atoms with E-state index < -0.39 is 0 Å². The van der Waals surface area contributed by atoms with E-state index in [1.54, 1.807) is 5.56 Å². The fourth-order valence-electron chi connectivity index (χ4n) is 4.11. The third-order valence-corrected chi connectivity index (χ3v) is 5.67. The number of piperidine rings is 1. The minimum absolute atomic E-state index is 0.349. The summed E-state index contributed by atoms with van der Waals surface area (Å²) in [5.41, 5.74) is 3.43. The normalized spacial score (nSPS) is 29.1. The molecule has 2 heteroatoms. The number of rotatable bonds is 3. The van der Waals surface area contributed by atoms with Crippen molar-refractivity contribution in [2.24, 2.45) is 5.41 Å². The molecule has 0 radical (unpaired) electrons. The van der Waals surface area contributed by atoms with Crippen molar-refractivity contribution in [3.05, 3.63) is 35.4 Å². The third kappa shape index (κ3) is 3.17. The molecule has 1 saturated heterocycles. The van der Waals surface area contributed by atoms with Gasteiger partial charge < -0.3 is 10.2 Å². The summed E-state index contributed by atoms with van der Waals surface area (Å²) in [4.78, 5) is 2.54. The highest BCUT2D eigenvalue weighted by atomic mass is 15.2. The van der Waals surface area contributed by atoms with Gasteiger partial charge in [-0.3, -0.25) is 0 Å². The molecule has 0 spiro atoms. The first kappa shape index (κ1) is 15.1. The maximum atomic E-state index is 3.93. The third-order valence-electron chi connectivity index (χ3n) is 5.67. The van der Waals surface area contributed by atoms with E-state index in [9.17, 15) is 0 Å². The van der Waals surface area contributed by atoms with Crippen LogP contribution in [0.3, 0.4) is 0 Å². The van der Waals surface area contributed by atoms with Crippen molar-refractivity contribution >= 4 is 0 Å². The maximum Gasteiger partial charge on any atom is 0.0375 e. The van der Waals surface area contributed by atoms with E-state index in [0.29, 0.717) is 17.5 Å². The molecule has 2 aliphatic rings. The Labute approximate surface area is 129 Å². The number of likely N-dealkylation sites (tertiary alicyclic amines) is 1. The van der Waals surface area contributed by atoms with Crippen LogP contribution in [0.1, 0.15) is 56.7 Å². The summed E-state index contributed by atoms with van der Waals surface area (Å²) in [6.45, 7) is 7.23. The van der Waals surface area contributed by atoms with Crippen LogP contribution in [0.2, 0.25) is 0 Å². The van der Waals surface area contributed by atoms with E-state index in [0.717, 1.165) is 6.54 Å². The molecule has 1 fully saturated rings. The Morgan fingerprint density at radius 2 is 2.05 bits per heavy atom. The molecular weight excluding hydrogens is 256 g/mol. The molecule has 0 saturated carbocycles. The van der Waals surface area contributed by atoms with Crippen LogP contribution in [0.15, 0.2) is 24.3 Å². The van der Waals surface area contributed by atoms with Gasteiger partial charge in [0.1, 0.15) is 0 Å². The maximum absolute atomic E-state index is 3.93. The van der Waals surface area contributed by atoms with Gasteiger partial charge in [-0.1, -0.05) is 44.5 Å². The number of benzene rings is 1. The fourth-order valence-corrected chi connectivity index (χ4v) is 4.11. The lowest BCUT2D eigenvalue weighted by Crippen LogP contribution is -2.47. The molecular formula is C19H30N2. The largest absolute Gasteiger partial charge is 0.308 e. The molecule has 1 N–H and O–H groups in total. The van der Waals surface area contributed by atoms with Crippen LogP contribution >= 0.6 is 0 Å². The number of nitrogens with one attached hydrogen (secondary N) is 1. The molecule has 0 aromatic heterocycles. The molecule has 2 nitrogen and oxygen atoms in total. The molecule has 2 unspecified atom stereocenters. The molecule has 1 aliphatic heterocycles. The Balaban J connectivity index is 1.73. The van der Waals surface area contributed by atoms with Crippen molar-refractivity contribution < 1.29 is 0 Å². The van der Waals surface area contributed by atoms with Gasteiger partial charge in [0.05, 0.1) is 0 Å². The zero-order valence-electron chi connectivity index (χ0n) is 13.9. The second kappa shape index (κ2) is 6.10. The highest BCUT2D eigenvalue weighted by Crippen LogP contribution is 2.43. The summed E-state index contributed by atoms with van der Waals surface area (Å²) in [6, 6.07) is 10.2. The van der Waals surface area contributed by atoms with E-state index in [4.69, 9.17) is 0 Å². The molecule has 3 rings (SSSR count). The molecule has 1 aliphatic carbocycles. The lowest BCUT2D eigenvalue weighted by atomic mass is 9.70. The van der Waals surface area contributed by atoms with Gasteiger partial charge >= 0.3 is 0 Å². The van der Waals surface area contributed by atoms with Crippen LogP contribution in [-0.4, -0.2) is 31.1 Å². The van der Waals surface area contributed by atoms with Gasteiger partial charge in [0.25, 0.3) is 0 Å². The number of nitrogens with zero attached hydrogens (tertiary/aromatic N) is 1. The van der Waals surface area contributed by atoms with Gasteiger partial charge in [-0.05, 0) is 55.8 Å². The minimum Gasteiger partial charge on any atom is -0.308 e. The molecule has 116 valence electrons. The van der Waals surface area contributed by atoms with E-state index in [1.807, 2.05) is 0 Å². The summed E-state index contributed by atoms with van der Waals surface area (Å²) in [5.74, 6) is 0. The highest BCUT2D eigenvalue weighted by molar-refractivity contribution is 5.34. The number of hydrogen-bond acceptors (Lipinski definition) is 2. The Morgan fingerprint density at radius 3 is 2.86 bits per heavy atom. The number of hydrogen-bond donors (Lipinski definition) is 1. The molecule has 1 heterocycles. The summed E-state index contributed by atoms with van der Waals surface area (Å²) in [6.07, 6.45) is 6.61. The van der Waals surface area contributed by atoms with Crippen molar-refractivity contribution in [1.29, 1.82) is 0 Å². The summed E-state index contributed by atoms with van der Waals surface area (Å²) in [5, 5.41) is 3.93.